The number of rotatable bonds is 6. The third-order valence-electron chi connectivity index (χ3n) is 3.81. The Hall–Kier alpha value is -1.96. The summed E-state index contributed by atoms with van der Waals surface area (Å²) in [7, 11) is 0. The van der Waals surface area contributed by atoms with Crippen LogP contribution >= 0.6 is 0 Å². The van der Waals surface area contributed by atoms with Crippen molar-refractivity contribution in [1.29, 1.82) is 0 Å². The van der Waals surface area contributed by atoms with Gasteiger partial charge in [-0.3, -0.25) is 14.5 Å². The van der Waals surface area contributed by atoms with Gasteiger partial charge in [-0.15, -0.1) is 0 Å². The van der Waals surface area contributed by atoms with Gasteiger partial charge in [-0.05, 0) is 31.5 Å². The van der Waals surface area contributed by atoms with Crippen molar-refractivity contribution in [1.82, 2.24) is 10.2 Å². The lowest BCUT2D eigenvalue weighted by molar-refractivity contribution is -0.117. The number of β-amino-alcohol motifs (C(OH)–C–C–N with tert-alkyl or cyclic N) is 1. The number of nitrogens with one attached hydrogen (secondary N) is 2. The Morgan fingerprint density at radius 2 is 2.17 bits per heavy atom. The van der Waals surface area contributed by atoms with Gasteiger partial charge in [0.1, 0.15) is 0 Å². The quantitative estimate of drug-likeness (QED) is 0.581. The van der Waals surface area contributed by atoms with Gasteiger partial charge in [-0.25, -0.2) is 0 Å². The zero-order valence-corrected chi connectivity index (χ0v) is 13.2. The zero-order chi connectivity index (χ0) is 16.8. The minimum absolute atomic E-state index is 0.0863. The maximum atomic E-state index is 12.1. The number of aliphatic hydroxyl groups is 2. The van der Waals surface area contributed by atoms with Gasteiger partial charge in [0.2, 0.25) is 5.91 Å². The number of carbonyl (C=O) groups excluding carboxylic acids is 2. The Morgan fingerprint density at radius 3 is 2.87 bits per heavy atom. The van der Waals surface area contributed by atoms with Crippen molar-refractivity contribution in [3.05, 3.63) is 29.8 Å². The zero-order valence-electron chi connectivity index (χ0n) is 13.2. The first kappa shape index (κ1) is 17.4. The molecule has 1 aliphatic rings. The largest absolute Gasteiger partial charge is 0.395 e. The second-order valence-electron chi connectivity index (χ2n) is 5.64. The normalized spacial score (nSPS) is 21.2. The molecule has 1 fully saturated rings. The molecule has 2 rings (SSSR count). The smallest absolute Gasteiger partial charge is 0.251 e. The molecule has 0 bridgehead atoms. The highest BCUT2D eigenvalue weighted by Gasteiger charge is 2.31. The summed E-state index contributed by atoms with van der Waals surface area (Å²) in [5, 5.41) is 24.3. The van der Waals surface area contributed by atoms with E-state index < -0.39 is 6.10 Å². The highest BCUT2D eigenvalue weighted by molar-refractivity contribution is 5.97. The van der Waals surface area contributed by atoms with Crippen LogP contribution in [-0.4, -0.2) is 65.3 Å². The van der Waals surface area contributed by atoms with E-state index in [0.29, 0.717) is 30.8 Å². The van der Waals surface area contributed by atoms with E-state index in [9.17, 15) is 19.8 Å². The summed E-state index contributed by atoms with van der Waals surface area (Å²) in [5.74, 6) is -0.433. The Morgan fingerprint density at radius 1 is 1.39 bits per heavy atom. The maximum absolute atomic E-state index is 12.1. The summed E-state index contributed by atoms with van der Waals surface area (Å²) in [4.78, 5) is 25.7. The molecule has 2 atom stereocenters. The number of aliphatic hydroxyl groups excluding tert-OH is 2. The molecular formula is C16H23N3O4. The average Bonchev–Trinajstić information content (AvgIpc) is 2.87. The van der Waals surface area contributed by atoms with Gasteiger partial charge < -0.3 is 20.8 Å². The van der Waals surface area contributed by atoms with Crippen molar-refractivity contribution < 1.29 is 19.8 Å². The highest BCUT2D eigenvalue weighted by Crippen LogP contribution is 2.17. The molecule has 7 heteroatoms. The van der Waals surface area contributed by atoms with Gasteiger partial charge in [-0.1, -0.05) is 6.07 Å². The first-order chi connectivity index (χ1) is 11.0. The first-order valence-corrected chi connectivity index (χ1v) is 7.74. The van der Waals surface area contributed by atoms with E-state index in [1.165, 1.54) is 0 Å². The van der Waals surface area contributed by atoms with Crippen LogP contribution in [0.25, 0.3) is 0 Å². The van der Waals surface area contributed by atoms with Crippen LogP contribution in [-0.2, 0) is 4.79 Å². The van der Waals surface area contributed by atoms with E-state index >= 15 is 0 Å². The van der Waals surface area contributed by atoms with E-state index in [1.807, 2.05) is 6.92 Å². The summed E-state index contributed by atoms with van der Waals surface area (Å²) in [6.07, 6.45) is -0.0442. The molecule has 23 heavy (non-hydrogen) atoms. The van der Waals surface area contributed by atoms with Crippen LogP contribution in [0.3, 0.4) is 0 Å². The van der Waals surface area contributed by atoms with Crippen molar-refractivity contribution in [3.8, 4) is 0 Å². The molecule has 0 saturated carbocycles. The van der Waals surface area contributed by atoms with E-state index in [0.717, 1.165) is 0 Å². The van der Waals surface area contributed by atoms with Crippen molar-refractivity contribution in [2.45, 2.75) is 25.5 Å². The van der Waals surface area contributed by atoms with E-state index in [1.54, 1.807) is 29.2 Å². The molecule has 1 aliphatic heterocycles. The number of likely N-dealkylation sites (tertiary alicyclic amines) is 1. The van der Waals surface area contributed by atoms with Gasteiger partial charge in [0.15, 0.2) is 0 Å². The SMILES string of the molecule is CCNC(=O)c1cccc(NC(=O)CN2C[C@@H](O)C[C@H]2CO)c1. The lowest BCUT2D eigenvalue weighted by Gasteiger charge is -2.21. The predicted molar refractivity (Wildman–Crippen MR) is 86.1 cm³/mol. The molecule has 1 heterocycles. The molecular weight excluding hydrogens is 298 g/mol. The van der Waals surface area contributed by atoms with Crippen LogP contribution in [0.1, 0.15) is 23.7 Å². The summed E-state index contributed by atoms with van der Waals surface area (Å²) in [5.41, 5.74) is 1.02. The molecule has 7 nitrogen and oxygen atoms in total. The summed E-state index contributed by atoms with van der Waals surface area (Å²) >= 11 is 0. The second-order valence-corrected chi connectivity index (χ2v) is 5.64. The third kappa shape index (κ3) is 4.75. The number of anilines is 1. The fourth-order valence-corrected chi connectivity index (χ4v) is 2.73. The van der Waals surface area contributed by atoms with Crippen LogP contribution in [0.2, 0.25) is 0 Å². The van der Waals surface area contributed by atoms with Gasteiger partial charge in [-0.2, -0.15) is 0 Å². The molecule has 4 N–H and O–H groups in total. The molecule has 0 aliphatic carbocycles. The monoisotopic (exact) mass is 321 g/mol. The van der Waals surface area contributed by atoms with Gasteiger partial charge in [0.25, 0.3) is 5.91 Å². The number of benzene rings is 1. The Balaban J connectivity index is 1.95. The summed E-state index contributed by atoms with van der Waals surface area (Å²) in [6.45, 7) is 2.75. The van der Waals surface area contributed by atoms with Gasteiger partial charge in [0, 0.05) is 30.4 Å². The standard InChI is InChI=1S/C16H23N3O4/c1-2-17-16(23)11-4-3-5-12(6-11)18-15(22)9-19-8-14(21)7-13(19)10-20/h3-6,13-14,20-21H,2,7-10H2,1H3,(H,17,23)(H,18,22)/t13-,14-/m0/s1. The van der Waals surface area contributed by atoms with Gasteiger partial charge >= 0.3 is 0 Å². The second kappa shape index (κ2) is 8.05. The number of amides is 2. The topological polar surface area (TPSA) is 102 Å². The maximum Gasteiger partial charge on any atom is 0.251 e. The van der Waals surface area contributed by atoms with Crippen molar-refractivity contribution in [2.75, 3.05) is 31.6 Å². The summed E-state index contributed by atoms with van der Waals surface area (Å²) in [6, 6.07) is 6.52. The highest BCUT2D eigenvalue weighted by atomic mass is 16.3. The molecule has 1 saturated heterocycles. The van der Waals surface area contributed by atoms with E-state index in [4.69, 9.17) is 0 Å². The minimum Gasteiger partial charge on any atom is -0.395 e. The number of hydrogen-bond acceptors (Lipinski definition) is 5. The van der Waals surface area contributed by atoms with Crippen LogP contribution < -0.4 is 10.6 Å². The van der Waals surface area contributed by atoms with E-state index in [2.05, 4.69) is 10.6 Å². The molecule has 0 aromatic heterocycles. The predicted octanol–water partition coefficient (Wildman–Crippen LogP) is -0.198. The molecule has 126 valence electrons. The summed E-state index contributed by atoms with van der Waals surface area (Å²) < 4.78 is 0. The fourth-order valence-electron chi connectivity index (χ4n) is 2.73. The van der Waals surface area contributed by atoms with Crippen molar-refractivity contribution in [2.24, 2.45) is 0 Å². The van der Waals surface area contributed by atoms with Crippen LogP contribution in [0.4, 0.5) is 5.69 Å². The minimum atomic E-state index is -0.513. The molecule has 1 aromatic rings. The Kier molecular flexibility index (Phi) is 6.09. The fraction of sp³-hybridized carbons (Fsp3) is 0.500. The molecule has 1 aromatic carbocycles. The molecule has 0 spiro atoms. The van der Waals surface area contributed by atoms with Crippen LogP contribution in [0, 0.1) is 0 Å². The van der Waals surface area contributed by atoms with Gasteiger partial charge in [0.05, 0.1) is 19.3 Å². The van der Waals surface area contributed by atoms with Crippen LogP contribution in [0.15, 0.2) is 24.3 Å². The Bertz CT molecular complexity index is 564. The number of hydrogen-bond donors (Lipinski definition) is 4. The molecule has 0 radical (unpaired) electrons. The van der Waals surface area contributed by atoms with Crippen molar-refractivity contribution in [3.63, 3.8) is 0 Å². The lowest BCUT2D eigenvalue weighted by Crippen LogP contribution is -2.38. The molecule has 2 amide bonds. The lowest BCUT2D eigenvalue weighted by atomic mass is 10.2. The molecule has 0 unspecified atom stereocenters. The van der Waals surface area contributed by atoms with Crippen LogP contribution in [0.5, 0.6) is 0 Å². The van der Waals surface area contributed by atoms with Crippen molar-refractivity contribution >= 4 is 17.5 Å². The number of carbonyl (C=O) groups is 2. The average molecular weight is 321 g/mol. The number of nitrogens with zero attached hydrogens (tertiary/aromatic N) is 1. The Labute approximate surface area is 135 Å². The first-order valence-electron chi connectivity index (χ1n) is 7.74. The van der Waals surface area contributed by atoms with E-state index in [-0.39, 0.29) is 31.0 Å². The third-order valence-corrected chi connectivity index (χ3v) is 3.81.